The minimum Gasteiger partial charge on any atom is -0.493 e. The van der Waals surface area contributed by atoms with E-state index in [9.17, 15) is 19.5 Å². The van der Waals surface area contributed by atoms with Gasteiger partial charge in [0.2, 0.25) is 5.91 Å². The van der Waals surface area contributed by atoms with Crippen LogP contribution in [-0.2, 0) is 32.0 Å². The summed E-state index contributed by atoms with van der Waals surface area (Å²) in [6.07, 6.45) is 4.37. The van der Waals surface area contributed by atoms with Gasteiger partial charge in [-0.15, -0.1) is 0 Å². The van der Waals surface area contributed by atoms with Gasteiger partial charge in [-0.05, 0) is 47.6 Å². The number of rotatable bonds is 11. The number of ether oxygens (including phenoxy) is 3. The van der Waals surface area contributed by atoms with Crippen LogP contribution < -0.4 is 14.8 Å². The van der Waals surface area contributed by atoms with E-state index in [4.69, 9.17) is 14.2 Å². The number of carbonyl (C=O) groups is 3. The van der Waals surface area contributed by atoms with Gasteiger partial charge in [0, 0.05) is 50.0 Å². The predicted molar refractivity (Wildman–Crippen MR) is 154 cm³/mol. The van der Waals surface area contributed by atoms with Crippen LogP contribution in [0.4, 0.5) is 0 Å². The van der Waals surface area contributed by atoms with Crippen molar-refractivity contribution in [2.45, 2.75) is 57.7 Å². The maximum Gasteiger partial charge on any atom is 0.331 e. The average molecular weight is 565 g/mol. The second kappa shape index (κ2) is 13.7. The molecule has 0 unspecified atom stereocenters. The molecule has 9 heteroatoms. The van der Waals surface area contributed by atoms with Crippen LogP contribution in [0, 0.1) is 11.8 Å². The number of carbonyl (C=O) groups excluding carboxylic acids is 2. The Bertz CT molecular complexity index is 1260. The SMILES string of the molecule is COc1cc2c(cc1OC)[C@H]1C[C@@H](OC(=O)/C=C/C(=O)N[C@@H](Cc3ccccc3)C(=O)O)[C@H](CC(C)C)CN1CC2. The fourth-order valence-electron chi connectivity index (χ4n) is 5.98. The molecule has 1 saturated heterocycles. The Kier molecular flexibility index (Phi) is 10.0. The number of amides is 1. The molecule has 4 atom stereocenters. The number of carboxylic acid groups (broad SMARTS) is 1. The third-order valence-electron chi connectivity index (χ3n) is 7.87. The summed E-state index contributed by atoms with van der Waals surface area (Å²) in [5.74, 6) is -0.477. The van der Waals surface area contributed by atoms with Gasteiger partial charge in [-0.25, -0.2) is 9.59 Å². The van der Waals surface area contributed by atoms with E-state index in [0.717, 1.165) is 49.2 Å². The van der Waals surface area contributed by atoms with Crippen molar-refractivity contribution >= 4 is 17.8 Å². The lowest BCUT2D eigenvalue weighted by atomic mass is 9.79. The highest BCUT2D eigenvalue weighted by atomic mass is 16.5. The van der Waals surface area contributed by atoms with Gasteiger partial charge in [0.1, 0.15) is 12.1 Å². The summed E-state index contributed by atoms with van der Waals surface area (Å²) in [5.41, 5.74) is 3.15. The first-order chi connectivity index (χ1) is 19.7. The highest BCUT2D eigenvalue weighted by Gasteiger charge is 2.41. The van der Waals surface area contributed by atoms with Gasteiger partial charge in [0.05, 0.1) is 14.2 Å². The minimum atomic E-state index is -1.15. The van der Waals surface area contributed by atoms with Crippen molar-refractivity contribution in [3.05, 3.63) is 71.3 Å². The Morgan fingerprint density at radius 1 is 1.07 bits per heavy atom. The number of esters is 1. The van der Waals surface area contributed by atoms with E-state index in [0.29, 0.717) is 23.8 Å². The number of fused-ring (bicyclic) bond motifs is 3. The molecule has 41 heavy (non-hydrogen) atoms. The van der Waals surface area contributed by atoms with Crippen LogP contribution in [0.25, 0.3) is 0 Å². The van der Waals surface area contributed by atoms with E-state index in [1.54, 1.807) is 26.4 Å². The zero-order valence-electron chi connectivity index (χ0n) is 24.2. The first-order valence-corrected chi connectivity index (χ1v) is 14.1. The Hall–Kier alpha value is -3.85. The fraction of sp³-hybridized carbons (Fsp3) is 0.469. The van der Waals surface area contributed by atoms with Crippen LogP contribution >= 0.6 is 0 Å². The standard InChI is InChI=1S/C32H40N2O7/c1-20(2)14-23-19-34-13-12-22-16-28(39-3)29(40-4)17-24(22)26(34)18-27(23)41-31(36)11-10-30(35)33-25(32(37)38)15-21-8-6-5-7-9-21/h5-11,16-17,20,23,25-27H,12-15,18-19H2,1-4H3,(H,33,35)(H,37,38)/b11-10+/t23-,25+,26-,27-/m1/s1. The number of piperidine rings is 1. The summed E-state index contributed by atoms with van der Waals surface area (Å²) >= 11 is 0. The van der Waals surface area contributed by atoms with Crippen LogP contribution in [0.3, 0.4) is 0 Å². The second-order valence-electron chi connectivity index (χ2n) is 11.2. The smallest absolute Gasteiger partial charge is 0.331 e. The van der Waals surface area contributed by atoms with Gasteiger partial charge in [-0.2, -0.15) is 0 Å². The molecule has 0 aromatic heterocycles. The summed E-state index contributed by atoms with van der Waals surface area (Å²) in [6.45, 7) is 6.03. The topological polar surface area (TPSA) is 114 Å². The lowest BCUT2D eigenvalue weighted by molar-refractivity contribution is -0.151. The zero-order chi connectivity index (χ0) is 29.5. The summed E-state index contributed by atoms with van der Waals surface area (Å²) < 4.78 is 17.0. The molecule has 0 bridgehead atoms. The summed E-state index contributed by atoms with van der Waals surface area (Å²) in [7, 11) is 3.25. The molecule has 9 nitrogen and oxygen atoms in total. The van der Waals surface area contributed by atoms with E-state index in [2.05, 4.69) is 24.1 Å². The normalized spacial score (nSPS) is 21.0. The Balaban J connectivity index is 1.44. The molecule has 2 aromatic carbocycles. The number of hydrogen-bond donors (Lipinski definition) is 2. The van der Waals surface area contributed by atoms with Crippen molar-refractivity contribution < 1.29 is 33.7 Å². The number of methoxy groups -OCH3 is 2. The van der Waals surface area contributed by atoms with Crippen molar-refractivity contribution in [1.82, 2.24) is 10.2 Å². The number of carboxylic acids is 1. The Labute approximate surface area is 241 Å². The Morgan fingerprint density at radius 3 is 2.44 bits per heavy atom. The molecule has 4 rings (SSSR count). The van der Waals surface area contributed by atoms with Crippen LogP contribution in [-0.4, -0.2) is 67.3 Å². The molecule has 2 heterocycles. The van der Waals surface area contributed by atoms with E-state index < -0.39 is 23.9 Å². The predicted octanol–water partition coefficient (Wildman–Crippen LogP) is 3.95. The van der Waals surface area contributed by atoms with Crippen LogP contribution in [0.15, 0.2) is 54.6 Å². The first-order valence-electron chi connectivity index (χ1n) is 14.1. The maximum absolute atomic E-state index is 12.9. The lowest BCUT2D eigenvalue weighted by Gasteiger charge is -2.47. The second-order valence-corrected chi connectivity index (χ2v) is 11.2. The molecule has 2 N–H and O–H groups in total. The molecule has 2 aromatic rings. The highest BCUT2D eigenvalue weighted by Crippen LogP contribution is 2.44. The van der Waals surface area contributed by atoms with E-state index in [1.165, 1.54) is 5.56 Å². The monoisotopic (exact) mass is 564 g/mol. The summed E-state index contributed by atoms with van der Waals surface area (Å²) in [4.78, 5) is 39.5. The molecule has 2 aliphatic heterocycles. The van der Waals surface area contributed by atoms with Crippen LogP contribution in [0.1, 0.15) is 49.4 Å². The van der Waals surface area contributed by atoms with Gasteiger partial charge in [0.15, 0.2) is 11.5 Å². The number of nitrogens with one attached hydrogen (secondary N) is 1. The number of aliphatic carboxylic acids is 1. The average Bonchev–Trinajstić information content (AvgIpc) is 2.95. The molecule has 1 amide bonds. The van der Waals surface area contributed by atoms with Gasteiger partial charge in [-0.1, -0.05) is 44.2 Å². The summed E-state index contributed by atoms with van der Waals surface area (Å²) in [6, 6.07) is 12.1. The molecule has 1 fully saturated rings. The third-order valence-corrected chi connectivity index (χ3v) is 7.87. The molecule has 0 aliphatic carbocycles. The highest BCUT2D eigenvalue weighted by molar-refractivity contribution is 5.96. The first kappa shape index (κ1) is 30.1. The lowest BCUT2D eigenvalue weighted by Crippen LogP contribution is -2.49. The molecule has 220 valence electrons. The molecule has 0 saturated carbocycles. The van der Waals surface area contributed by atoms with Crippen molar-refractivity contribution in [1.29, 1.82) is 0 Å². The van der Waals surface area contributed by atoms with E-state index >= 15 is 0 Å². The van der Waals surface area contributed by atoms with Crippen molar-refractivity contribution in [3.8, 4) is 11.5 Å². The maximum atomic E-state index is 12.9. The van der Waals surface area contributed by atoms with Gasteiger partial charge in [-0.3, -0.25) is 9.69 Å². The number of hydrogen-bond acceptors (Lipinski definition) is 7. The third kappa shape index (κ3) is 7.67. The zero-order valence-corrected chi connectivity index (χ0v) is 24.2. The summed E-state index contributed by atoms with van der Waals surface area (Å²) in [5, 5.41) is 12.0. The van der Waals surface area contributed by atoms with Crippen molar-refractivity contribution in [3.63, 3.8) is 0 Å². The molecule has 0 radical (unpaired) electrons. The van der Waals surface area contributed by atoms with Gasteiger partial charge >= 0.3 is 11.9 Å². The van der Waals surface area contributed by atoms with E-state index in [1.807, 2.05) is 30.3 Å². The quantitative estimate of drug-likeness (QED) is 0.312. The Morgan fingerprint density at radius 2 is 1.78 bits per heavy atom. The van der Waals surface area contributed by atoms with Gasteiger partial charge < -0.3 is 24.6 Å². The van der Waals surface area contributed by atoms with Crippen LogP contribution in [0.2, 0.25) is 0 Å². The largest absolute Gasteiger partial charge is 0.493 e. The molecular formula is C32H40N2O7. The molecule has 0 spiro atoms. The minimum absolute atomic E-state index is 0.0707. The molecule has 2 aliphatic rings. The van der Waals surface area contributed by atoms with Crippen LogP contribution in [0.5, 0.6) is 11.5 Å². The van der Waals surface area contributed by atoms with Crippen molar-refractivity contribution in [2.24, 2.45) is 11.8 Å². The molecular weight excluding hydrogens is 524 g/mol. The van der Waals surface area contributed by atoms with Crippen molar-refractivity contribution in [2.75, 3.05) is 27.3 Å². The fourth-order valence-corrected chi connectivity index (χ4v) is 5.98. The number of benzene rings is 2. The van der Waals surface area contributed by atoms with Gasteiger partial charge in [0.25, 0.3) is 0 Å². The number of nitrogens with zero attached hydrogens (tertiary/aromatic N) is 1. The van der Waals surface area contributed by atoms with E-state index in [-0.39, 0.29) is 24.5 Å².